The number of halogens is 1. The minimum atomic E-state index is -3.70. The number of carboxylic acid groups (broad SMARTS) is 1. The average Bonchev–Trinajstić information content (AvgIpc) is 2.40. The molecule has 7 heteroatoms. The van der Waals surface area contributed by atoms with Gasteiger partial charge >= 0.3 is 5.97 Å². The summed E-state index contributed by atoms with van der Waals surface area (Å²) in [5.41, 5.74) is -1.07. The summed E-state index contributed by atoms with van der Waals surface area (Å²) in [6, 6.07) is 6.18. The molecule has 0 aliphatic heterocycles. The van der Waals surface area contributed by atoms with Gasteiger partial charge in [-0.1, -0.05) is 29.8 Å². The van der Waals surface area contributed by atoms with Crippen molar-refractivity contribution < 1.29 is 18.3 Å². The van der Waals surface area contributed by atoms with Gasteiger partial charge in [0.05, 0.1) is 10.3 Å². The van der Waals surface area contributed by atoms with Crippen molar-refractivity contribution in [2.75, 3.05) is 6.54 Å². The van der Waals surface area contributed by atoms with E-state index in [-0.39, 0.29) is 11.4 Å². The minimum Gasteiger partial charge on any atom is -0.481 e. The Labute approximate surface area is 127 Å². The number of aliphatic carboxylic acids is 1. The van der Waals surface area contributed by atoms with E-state index in [2.05, 4.69) is 20.7 Å². The molecule has 0 saturated heterocycles. The normalized spacial score (nSPS) is 12.3. The Kier molecular flexibility index (Phi) is 5.73. The number of carboxylic acids is 1. The van der Waals surface area contributed by atoms with E-state index in [0.29, 0.717) is 12.8 Å². The van der Waals surface area contributed by atoms with Crippen LogP contribution in [0.2, 0.25) is 0 Å². The van der Waals surface area contributed by atoms with Crippen molar-refractivity contribution in [3.8, 4) is 0 Å². The zero-order chi connectivity index (χ0) is 15.4. The molecule has 5 nitrogen and oxygen atoms in total. The van der Waals surface area contributed by atoms with Crippen molar-refractivity contribution in [3.63, 3.8) is 0 Å². The predicted molar refractivity (Wildman–Crippen MR) is 80.0 cm³/mol. The second-order valence-electron chi connectivity index (χ2n) is 4.57. The predicted octanol–water partition coefficient (Wildman–Crippen LogP) is 2.62. The molecule has 0 bridgehead atoms. The number of hydrogen-bond acceptors (Lipinski definition) is 3. The Balaban J connectivity index is 2.92. The van der Waals surface area contributed by atoms with E-state index in [1.807, 2.05) is 0 Å². The van der Waals surface area contributed by atoms with Crippen LogP contribution in [0.3, 0.4) is 0 Å². The lowest BCUT2D eigenvalue weighted by Gasteiger charge is -2.26. The Morgan fingerprint density at radius 1 is 1.25 bits per heavy atom. The van der Waals surface area contributed by atoms with Crippen LogP contribution in [0.15, 0.2) is 33.6 Å². The molecule has 0 unspecified atom stereocenters. The lowest BCUT2D eigenvalue weighted by atomic mass is 9.83. The van der Waals surface area contributed by atoms with Crippen molar-refractivity contribution in [1.29, 1.82) is 0 Å². The number of sulfonamides is 1. The Morgan fingerprint density at radius 3 is 2.15 bits per heavy atom. The van der Waals surface area contributed by atoms with Crippen molar-refractivity contribution in [2.24, 2.45) is 5.41 Å². The maximum Gasteiger partial charge on any atom is 0.310 e. The quantitative estimate of drug-likeness (QED) is 0.779. The molecule has 0 saturated carbocycles. The fraction of sp³-hybridized carbons (Fsp3) is 0.462. The summed E-state index contributed by atoms with van der Waals surface area (Å²) in [5, 5.41) is 9.29. The summed E-state index contributed by atoms with van der Waals surface area (Å²) in [5.74, 6) is -0.985. The summed E-state index contributed by atoms with van der Waals surface area (Å²) < 4.78 is 27.4. The van der Waals surface area contributed by atoms with E-state index in [1.54, 1.807) is 26.0 Å². The smallest absolute Gasteiger partial charge is 0.310 e. The van der Waals surface area contributed by atoms with Crippen molar-refractivity contribution >= 4 is 31.9 Å². The molecule has 20 heavy (non-hydrogen) atoms. The highest BCUT2D eigenvalue weighted by Crippen LogP contribution is 2.26. The molecule has 1 rings (SSSR count). The van der Waals surface area contributed by atoms with Crippen LogP contribution < -0.4 is 4.72 Å². The van der Waals surface area contributed by atoms with Gasteiger partial charge < -0.3 is 5.11 Å². The van der Waals surface area contributed by atoms with Gasteiger partial charge in [0.15, 0.2) is 0 Å². The molecule has 0 aliphatic carbocycles. The van der Waals surface area contributed by atoms with Crippen LogP contribution in [0.1, 0.15) is 26.7 Å². The number of benzene rings is 1. The Morgan fingerprint density at radius 2 is 1.75 bits per heavy atom. The van der Waals surface area contributed by atoms with Crippen LogP contribution in [-0.2, 0) is 14.8 Å². The molecule has 0 aromatic heterocycles. The van der Waals surface area contributed by atoms with Crippen LogP contribution in [-0.4, -0.2) is 26.0 Å². The zero-order valence-electron chi connectivity index (χ0n) is 11.4. The first-order valence-electron chi connectivity index (χ1n) is 6.26. The first kappa shape index (κ1) is 17.1. The third-order valence-corrected chi connectivity index (χ3v) is 5.48. The first-order chi connectivity index (χ1) is 9.27. The maximum absolute atomic E-state index is 12.1. The van der Waals surface area contributed by atoms with Crippen molar-refractivity contribution in [3.05, 3.63) is 28.7 Å². The van der Waals surface area contributed by atoms with E-state index in [1.165, 1.54) is 12.1 Å². The van der Waals surface area contributed by atoms with Gasteiger partial charge in [-0.25, -0.2) is 13.1 Å². The van der Waals surface area contributed by atoms with Crippen molar-refractivity contribution in [1.82, 2.24) is 4.72 Å². The second kappa shape index (κ2) is 6.69. The van der Waals surface area contributed by atoms with Crippen LogP contribution in [0, 0.1) is 5.41 Å². The number of nitrogens with one attached hydrogen (secondary N) is 1. The number of rotatable bonds is 7. The standard InChI is InChI=1S/C13H18BrNO4S/c1-3-13(4-2,12(16)17)9-15-20(18,19)11-7-5-10(14)6-8-11/h5-8,15H,3-4,9H2,1-2H3,(H,16,17). The fourth-order valence-electron chi connectivity index (χ4n) is 1.81. The zero-order valence-corrected chi connectivity index (χ0v) is 13.8. The van der Waals surface area contributed by atoms with Gasteiger partial charge in [-0.3, -0.25) is 4.79 Å². The highest BCUT2D eigenvalue weighted by Gasteiger charge is 2.36. The van der Waals surface area contributed by atoms with Gasteiger partial charge in [0, 0.05) is 11.0 Å². The van der Waals surface area contributed by atoms with Gasteiger partial charge in [0.25, 0.3) is 0 Å². The van der Waals surface area contributed by atoms with E-state index in [4.69, 9.17) is 0 Å². The third-order valence-electron chi connectivity index (χ3n) is 3.53. The Bertz CT molecular complexity index is 565. The molecule has 0 radical (unpaired) electrons. The molecule has 2 N–H and O–H groups in total. The van der Waals surface area contributed by atoms with Crippen LogP contribution in [0.25, 0.3) is 0 Å². The van der Waals surface area contributed by atoms with Gasteiger partial charge in [0.1, 0.15) is 0 Å². The monoisotopic (exact) mass is 363 g/mol. The summed E-state index contributed by atoms with van der Waals surface area (Å²) in [4.78, 5) is 11.5. The lowest BCUT2D eigenvalue weighted by molar-refractivity contribution is -0.149. The molecule has 0 fully saturated rings. The largest absolute Gasteiger partial charge is 0.481 e. The lowest BCUT2D eigenvalue weighted by Crippen LogP contribution is -2.42. The molecule has 1 aromatic rings. The highest BCUT2D eigenvalue weighted by atomic mass is 79.9. The molecule has 0 heterocycles. The summed E-state index contributed by atoms with van der Waals surface area (Å²) in [7, 11) is -3.70. The van der Waals surface area contributed by atoms with E-state index < -0.39 is 21.4 Å². The Hall–Kier alpha value is -0.920. The first-order valence-corrected chi connectivity index (χ1v) is 8.53. The van der Waals surface area contributed by atoms with Crippen LogP contribution >= 0.6 is 15.9 Å². The molecule has 0 aliphatic rings. The molecule has 0 spiro atoms. The highest BCUT2D eigenvalue weighted by molar-refractivity contribution is 9.10. The summed E-state index contributed by atoms with van der Waals surface area (Å²) in [6.45, 7) is 3.37. The van der Waals surface area contributed by atoms with Crippen molar-refractivity contribution in [2.45, 2.75) is 31.6 Å². The molecular formula is C13H18BrNO4S. The summed E-state index contributed by atoms with van der Waals surface area (Å²) in [6.07, 6.45) is 0.726. The van der Waals surface area contributed by atoms with E-state index >= 15 is 0 Å². The SMILES string of the molecule is CCC(CC)(CNS(=O)(=O)c1ccc(Br)cc1)C(=O)O. The average molecular weight is 364 g/mol. The maximum atomic E-state index is 12.1. The fourth-order valence-corrected chi connectivity index (χ4v) is 3.20. The second-order valence-corrected chi connectivity index (χ2v) is 7.25. The molecule has 1 aromatic carbocycles. The van der Waals surface area contributed by atoms with Gasteiger partial charge in [-0.2, -0.15) is 0 Å². The van der Waals surface area contributed by atoms with Gasteiger partial charge in [-0.05, 0) is 37.1 Å². The van der Waals surface area contributed by atoms with Crippen LogP contribution in [0.5, 0.6) is 0 Å². The topological polar surface area (TPSA) is 83.5 Å². The molecule has 0 atom stereocenters. The minimum absolute atomic E-state index is 0.117. The third kappa shape index (κ3) is 3.80. The summed E-state index contributed by atoms with van der Waals surface area (Å²) >= 11 is 3.23. The van der Waals surface area contributed by atoms with E-state index in [0.717, 1.165) is 4.47 Å². The molecule has 0 amide bonds. The van der Waals surface area contributed by atoms with Gasteiger partial charge in [0.2, 0.25) is 10.0 Å². The van der Waals surface area contributed by atoms with Gasteiger partial charge in [-0.15, -0.1) is 0 Å². The van der Waals surface area contributed by atoms with E-state index in [9.17, 15) is 18.3 Å². The number of carbonyl (C=O) groups is 1. The molecule has 112 valence electrons. The molecular weight excluding hydrogens is 346 g/mol. The number of hydrogen-bond donors (Lipinski definition) is 2. The van der Waals surface area contributed by atoms with Crippen LogP contribution in [0.4, 0.5) is 0 Å².